The topological polar surface area (TPSA) is 57.6 Å². The number of hydrogen-bond donors (Lipinski definition) is 1. The number of nitrogens with one attached hydrogen (secondary N) is 1. The highest BCUT2D eigenvalue weighted by Gasteiger charge is 2.24. The first-order chi connectivity index (χ1) is 14.0. The largest absolute Gasteiger partial charge is 0.355 e. The molecular formula is C23H32N4O2. The van der Waals surface area contributed by atoms with Crippen molar-refractivity contribution in [1.29, 1.82) is 0 Å². The molecule has 0 radical (unpaired) electrons. The Balaban J connectivity index is 1.46. The maximum absolute atomic E-state index is 13.0. The lowest BCUT2D eigenvalue weighted by atomic mass is 10.1. The lowest BCUT2D eigenvalue weighted by Gasteiger charge is -2.22. The summed E-state index contributed by atoms with van der Waals surface area (Å²) in [4.78, 5) is 29.3. The third kappa shape index (κ3) is 5.48. The number of carbonyl (C=O) groups excluding carboxylic acids is 2. The molecule has 2 amide bonds. The molecule has 1 aliphatic rings. The van der Waals surface area contributed by atoms with Gasteiger partial charge in [-0.1, -0.05) is 30.3 Å². The van der Waals surface area contributed by atoms with E-state index in [2.05, 4.69) is 26.9 Å². The van der Waals surface area contributed by atoms with E-state index in [0.29, 0.717) is 19.6 Å². The van der Waals surface area contributed by atoms with Crippen LogP contribution in [0, 0.1) is 13.8 Å². The van der Waals surface area contributed by atoms with Crippen LogP contribution in [0.4, 0.5) is 0 Å². The second-order valence-corrected chi connectivity index (χ2v) is 7.85. The summed E-state index contributed by atoms with van der Waals surface area (Å²) in [5, 5.41) is 3.01. The van der Waals surface area contributed by atoms with Gasteiger partial charge >= 0.3 is 0 Å². The van der Waals surface area contributed by atoms with Crippen molar-refractivity contribution in [3.63, 3.8) is 0 Å². The van der Waals surface area contributed by atoms with Crippen LogP contribution in [0.25, 0.3) is 0 Å². The van der Waals surface area contributed by atoms with Gasteiger partial charge in [0.15, 0.2) is 0 Å². The van der Waals surface area contributed by atoms with E-state index in [4.69, 9.17) is 0 Å². The molecule has 0 aliphatic carbocycles. The van der Waals surface area contributed by atoms with E-state index in [0.717, 1.165) is 49.4 Å². The summed E-state index contributed by atoms with van der Waals surface area (Å²) in [6, 6.07) is 12.1. The van der Waals surface area contributed by atoms with E-state index in [1.807, 2.05) is 50.1 Å². The molecule has 0 spiro atoms. The third-order valence-corrected chi connectivity index (χ3v) is 5.83. The van der Waals surface area contributed by atoms with Gasteiger partial charge in [0.05, 0.1) is 12.1 Å². The van der Waals surface area contributed by atoms with Crippen molar-refractivity contribution in [2.75, 3.05) is 39.3 Å². The van der Waals surface area contributed by atoms with Crippen LogP contribution in [0.15, 0.2) is 36.4 Å². The summed E-state index contributed by atoms with van der Waals surface area (Å²) in [6.45, 7) is 8.00. The lowest BCUT2D eigenvalue weighted by Crippen LogP contribution is -2.40. The number of amides is 2. The fourth-order valence-electron chi connectivity index (χ4n) is 3.82. The molecule has 29 heavy (non-hydrogen) atoms. The zero-order chi connectivity index (χ0) is 20.8. The van der Waals surface area contributed by atoms with Crippen LogP contribution in [0.5, 0.6) is 0 Å². The van der Waals surface area contributed by atoms with Crippen LogP contribution < -0.4 is 5.32 Å². The molecule has 1 N–H and O–H groups in total. The smallest absolute Gasteiger partial charge is 0.255 e. The minimum absolute atomic E-state index is 0.0511. The Morgan fingerprint density at radius 2 is 1.79 bits per heavy atom. The number of nitrogens with zero attached hydrogens (tertiary/aromatic N) is 3. The number of rotatable bonds is 6. The third-order valence-electron chi connectivity index (χ3n) is 5.83. The first kappa shape index (κ1) is 21.1. The minimum atomic E-state index is 0.0511. The molecule has 1 aromatic heterocycles. The van der Waals surface area contributed by atoms with Crippen molar-refractivity contribution >= 4 is 11.8 Å². The number of aryl methyl sites for hydroxylation is 1. The molecule has 156 valence electrons. The van der Waals surface area contributed by atoms with Crippen LogP contribution in [-0.4, -0.2) is 65.4 Å². The SMILES string of the molecule is Cc1cc(C(=O)N2CCCN(CC(=O)NCCc3ccccc3)CC2)c(C)n1C. The molecule has 0 atom stereocenters. The Kier molecular flexibility index (Phi) is 7.09. The van der Waals surface area contributed by atoms with E-state index in [9.17, 15) is 9.59 Å². The summed E-state index contributed by atoms with van der Waals surface area (Å²) in [5.41, 5.74) is 4.11. The molecule has 3 rings (SSSR count). The fraction of sp³-hybridized carbons (Fsp3) is 0.478. The summed E-state index contributed by atoms with van der Waals surface area (Å²) in [7, 11) is 1.99. The maximum Gasteiger partial charge on any atom is 0.255 e. The molecule has 6 heteroatoms. The highest BCUT2D eigenvalue weighted by molar-refractivity contribution is 5.95. The Hall–Kier alpha value is -2.60. The second kappa shape index (κ2) is 9.74. The highest BCUT2D eigenvalue weighted by atomic mass is 16.2. The predicted octanol–water partition coefficient (Wildman–Crippen LogP) is 2.15. The van der Waals surface area contributed by atoms with Crippen molar-refractivity contribution in [1.82, 2.24) is 19.7 Å². The molecule has 1 aliphatic heterocycles. The van der Waals surface area contributed by atoms with Gasteiger partial charge in [0.2, 0.25) is 5.91 Å². The molecule has 0 unspecified atom stereocenters. The normalized spacial score (nSPS) is 15.2. The average Bonchev–Trinajstić information content (AvgIpc) is 2.89. The Labute approximate surface area is 173 Å². The Morgan fingerprint density at radius 1 is 1.03 bits per heavy atom. The first-order valence-corrected chi connectivity index (χ1v) is 10.4. The Bertz CT molecular complexity index is 844. The predicted molar refractivity (Wildman–Crippen MR) is 115 cm³/mol. The van der Waals surface area contributed by atoms with Crippen LogP contribution in [0.1, 0.15) is 33.7 Å². The van der Waals surface area contributed by atoms with E-state index in [-0.39, 0.29) is 11.8 Å². The molecular weight excluding hydrogens is 364 g/mol. The average molecular weight is 397 g/mol. The van der Waals surface area contributed by atoms with Crippen LogP contribution in [0.3, 0.4) is 0 Å². The van der Waals surface area contributed by atoms with Crippen molar-refractivity contribution < 1.29 is 9.59 Å². The van der Waals surface area contributed by atoms with Crippen LogP contribution >= 0.6 is 0 Å². The highest BCUT2D eigenvalue weighted by Crippen LogP contribution is 2.17. The van der Waals surface area contributed by atoms with Gasteiger partial charge in [-0.2, -0.15) is 0 Å². The molecule has 2 aromatic rings. The Morgan fingerprint density at radius 3 is 2.48 bits per heavy atom. The van der Waals surface area contributed by atoms with Crippen molar-refractivity contribution in [3.8, 4) is 0 Å². The molecule has 0 saturated carbocycles. The van der Waals surface area contributed by atoms with Gasteiger partial charge in [0.25, 0.3) is 5.91 Å². The molecule has 1 aromatic carbocycles. The van der Waals surface area contributed by atoms with Gasteiger partial charge in [-0.25, -0.2) is 0 Å². The van der Waals surface area contributed by atoms with Crippen molar-refractivity contribution in [3.05, 3.63) is 58.9 Å². The molecule has 1 fully saturated rings. The fourth-order valence-corrected chi connectivity index (χ4v) is 3.82. The number of benzene rings is 1. The minimum Gasteiger partial charge on any atom is -0.355 e. The van der Waals surface area contributed by atoms with Crippen LogP contribution in [-0.2, 0) is 18.3 Å². The van der Waals surface area contributed by atoms with E-state index >= 15 is 0 Å². The van der Waals surface area contributed by atoms with Gasteiger partial charge in [0.1, 0.15) is 0 Å². The zero-order valence-electron chi connectivity index (χ0n) is 17.8. The van der Waals surface area contributed by atoms with Crippen molar-refractivity contribution in [2.45, 2.75) is 26.7 Å². The van der Waals surface area contributed by atoms with E-state index in [1.54, 1.807) is 0 Å². The van der Waals surface area contributed by atoms with E-state index in [1.165, 1.54) is 5.56 Å². The second-order valence-electron chi connectivity index (χ2n) is 7.85. The quantitative estimate of drug-likeness (QED) is 0.814. The maximum atomic E-state index is 13.0. The zero-order valence-corrected chi connectivity index (χ0v) is 17.8. The molecule has 0 bridgehead atoms. The van der Waals surface area contributed by atoms with Gasteiger partial charge < -0.3 is 14.8 Å². The van der Waals surface area contributed by atoms with Gasteiger partial charge in [-0.3, -0.25) is 14.5 Å². The van der Waals surface area contributed by atoms with Gasteiger partial charge in [-0.15, -0.1) is 0 Å². The first-order valence-electron chi connectivity index (χ1n) is 10.4. The number of hydrogen-bond acceptors (Lipinski definition) is 3. The summed E-state index contributed by atoms with van der Waals surface area (Å²) >= 11 is 0. The van der Waals surface area contributed by atoms with Gasteiger partial charge in [0, 0.05) is 51.2 Å². The number of carbonyl (C=O) groups is 2. The lowest BCUT2D eigenvalue weighted by molar-refractivity contribution is -0.122. The summed E-state index contributed by atoms with van der Waals surface area (Å²) in [5.74, 6) is 0.149. The monoisotopic (exact) mass is 396 g/mol. The summed E-state index contributed by atoms with van der Waals surface area (Å²) in [6.07, 6.45) is 1.72. The molecule has 6 nitrogen and oxygen atoms in total. The molecule has 1 saturated heterocycles. The van der Waals surface area contributed by atoms with Crippen molar-refractivity contribution in [2.24, 2.45) is 7.05 Å². The number of aromatic nitrogens is 1. The standard InChI is InChI=1S/C23H32N4O2/c1-18-16-21(19(2)25(18)3)23(29)27-13-7-12-26(14-15-27)17-22(28)24-11-10-20-8-5-4-6-9-20/h4-6,8-9,16H,7,10-15,17H2,1-3H3,(H,24,28). The van der Waals surface area contributed by atoms with Gasteiger partial charge in [-0.05, 0) is 38.3 Å². The molecule has 2 heterocycles. The summed E-state index contributed by atoms with van der Waals surface area (Å²) < 4.78 is 2.05. The van der Waals surface area contributed by atoms with Crippen LogP contribution in [0.2, 0.25) is 0 Å². The van der Waals surface area contributed by atoms with E-state index < -0.39 is 0 Å².